The maximum atomic E-state index is 9.22. The maximum Gasteiger partial charge on any atom is 0.101 e. The van der Waals surface area contributed by atoms with Gasteiger partial charge >= 0.3 is 0 Å². The summed E-state index contributed by atoms with van der Waals surface area (Å²) in [4.78, 5) is 2.26. The molecule has 0 radical (unpaired) electrons. The van der Waals surface area contributed by atoms with Gasteiger partial charge in [0.2, 0.25) is 0 Å². The van der Waals surface area contributed by atoms with E-state index in [4.69, 9.17) is 5.73 Å². The van der Waals surface area contributed by atoms with E-state index in [1.807, 2.05) is 18.2 Å². The predicted octanol–water partition coefficient (Wildman–Crippen LogP) is 2.64. The lowest BCUT2D eigenvalue weighted by Crippen LogP contribution is -2.32. The fraction of sp³-hybridized carbons (Fsp3) is 0.500. The topological polar surface area (TPSA) is 53.0 Å². The van der Waals surface area contributed by atoms with Crippen LogP contribution < -0.4 is 10.6 Å². The molecular formula is C14H21N3. The molecule has 0 aliphatic carbocycles. The first-order valence-electron chi connectivity index (χ1n) is 6.17. The minimum Gasteiger partial charge on any atom is -0.368 e. The van der Waals surface area contributed by atoms with Crippen LogP contribution in [0.5, 0.6) is 0 Å². The van der Waals surface area contributed by atoms with E-state index < -0.39 is 0 Å². The van der Waals surface area contributed by atoms with Crippen molar-refractivity contribution in [1.29, 1.82) is 5.26 Å². The zero-order valence-corrected chi connectivity index (χ0v) is 10.9. The Morgan fingerprint density at radius 1 is 1.41 bits per heavy atom. The third kappa shape index (κ3) is 2.98. The van der Waals surface area contributed by atoms with Gasteiger partial charge in [0.25, 0.3) is 0 Å². The van der Waals surface area contributed by atoms with Gasteiger partial charge < -0.3 is 10.6 Å². The Hall–Kier alpha value is -1.53. The first kappa shape index (κ1) is 13.5. The van der Waals surface area contributed by atoms with E-state index >= 15 is 0 Å². The predicted molar refractivity (Wildman–Crippen MR) is 71.8 cm³/mol. The standard InChI is InChI=1S/C14H21N3/c1-4-11(3)17(5-2)14-7-6-12(9-15)8-13(14)10-16/h6-8,11H,4-5,9,15H2,1-3H3. The number of hydrogen-bond acceptors (Lipinski definition) is 3. The molecule has 0 spiro atoms. The Labute approximate surface area is 104 Å². The second-order valence-electron chi connectivity index (χ2n) is 4.21. The lowest BCUT2D eigenvalue weighted by molar-refractivity contribution is 0.629. The van der Waals surface area contributed by atoms with Crippen molar-refractivity contribution in [3.63, 3.8) is 0 Å². The van der Waals surface area contributed by atoms with Gasteiger partial charge in [0.15, 0.2) is 0 Å². The van der Waals surface area contributed by atoms with Gasteiger partial charge in [0.05, 0.1) is 11.3 Å². The molecule has 0 aromatic heterocycles. The molecule has 0 heterocycles. The summed E-state index contributed by atoms with van der Waals surface area (Å²) < 4.78 is 0. The second-order valence-corrected chi connectivity index (χ2v) is 4.21. The highest BCUT2D eigenvalue weighted by molar-refractivity contribution is 5.61. The van der Waals surface area contributed by atoms with Crippen molar-refractivity contribution in [3.05, 3.63) is 29.3 Å². The van der Waals surface area contributed by atoms with Crippen molar-refractivity contribution in [2.75, 3.05) is 11.4 Å². The van der Waals surface area contributed by atoms with Crippen molar-refractivity contribution in [3.8, 4) is 6.07 Å². The summed E-state index contributed by atoms with van der Waals surface area (Å²) in [5.74, 6) is 0. The van der Waals surface area contributed by atoms with Crippen LogP contribution in [0, 0.1) is 11.3 Å². The number of nitrogens with zero attached hydrogens (tertiary/aromatic N) is 2. The molecule has 0 saturated heterocycles. The van der Waals surface area contributed by atoms with Crippen molar-refractivity contribution in [2.24, 2.45) is 5.73 Å². The van der Waals surface area contributed by atoms with E-state index in [1.165, 1.54) is 0 Å². The van der Waals surface area contributed by atoms with Crippen LogP contribution in [0.15, 0.2) is 18.2 Å². The number of benzene rings is 1. The molecule has 0 aliphatic heterocycles. The van der Waals surface area contributed by atoms with E-state index in [0.29, 0.717) is 12.6 Å². The van der Waals surface area contributed by atoms with Gasteiger partial charge in [-0.25, -0.2) is 0 Å². The molecule has 1 unspecified atom stereocenters. The highest BCUT2D eigenvalue weighted by Crippen LogP contribution is 2.24. The summed E-state index contributed by atoms with van der Waals surface area (Å²) in [7, 11) is 0. The van der Waals surface area contributed by atoms with Crippen molar-refractivity contribution < 1.29 is 0 Å². The third-order valence-corrected chi connectivity index (χ3v) is 3.19. The molecule has 1 aromatic rings. The lowest BCUT2D eigenvalue weighted by Gasteiger charge is -2.30. The van der Waals surface area contributed by atoms with Crippen LogP contribution >= 0.6 is 0 Å². The summed E-state index contributed by atoms with van der Waals surface area (Å²) >= 11 is 0. The molecular weight excluding hydrogens is 210 g/mol. The van der Waals surface area contributed by atoms with Gasteiger partial charge in [-0.2, -0.15) is 5.26 Å². The smallest absolute Gasteiger partial charge is 0.101 e. The largest absolute Gasteiger partial charge is 0.368 e. The molecule has 0 bridgehead atoms. The number of rotatable bonds is 5. The average Bonchev–Trinajstić information content (AvgIpc) is 2.39. The van der Waals surface area contributed by atoms with E-state index in [2.05, 4.69) is 31.7 Å². The van der Waals surface area contributed by atoms with Gasteiger partial charge in [-0.15, -0.1) is 0 Å². The van der Waals surface area contributed by atoms with Gasteiger partial charge in [-0.1, -0.05) is 13.0 Å². The molecule has 3 nitrogen and oxygen atoms in total. The third-order valence-electron chi connectivity index (χ3n) is 3.19. The molecule has 2 N–H and O–H groups in total. The number of nitriles is 1. The molecule has 1 aromatic carbocycles. The van der Waals surface area contributed by atoms with Crippen LogP contribution in [0.3, 0.4) is 0 Å². The first-order chi connectivity index (χ1) is 8.17. The summed E-state index contributed by atoms with van der Waals surface area (Å²) in [6.07, 6.45) is 1.07. The van der Waals surface area contributed by atoms with Crippen molar-refractivity contribution in [1.82, 2.24) is 0 Å². The van der Waals surface area contributed by atoms with Crippen LogP contribution in [-0.4, -0.2) is 12.6 Å². The quantitative estimate of drug-likeness (QED) is 0.847. The minimum atomic E-state index is 0.441. The molecule has 0 fully saturated rings. The van der Waals surface area contributed by atoms with Crippen LogP contribution in [-0.2, 0) is 6.54 Å². The first-order valence-corrected chi connectivity index (χ1v) is 6.17. The van der Waals surface area contributed by atoms with Crippen LogP contribution in [0.2, 0.25) is 0 Å². The molecule has 3 heteroatoms. The summed E-state index contributed by atoms with van der Waals surface area (Å²) in [6.45, 7) is 7.84. The molecule has 1 rings (SSSR count). The van der Waals surface area contributed by atoms with Crippen molar-refractivity contribution >= 4 is 5.69 Å². The second kappa shape index (κ2) is 6.27. The molecule has 0 amide bonds. The van der Waals surface area contributed by atoms with Crippen LogP contribution in [0.25, 0.3) is 0 Å². The zero-order valence-electron chi connectivity index (χ0n) is 10.9. The summed E-state index contributed by atoms with van der Waals surface area (Å²) in [5.41, 5.74) is 8.33. The Morgan fingerprint density at radius 2 is 2.12 bits per heavy atom. The Morgan fingerprint density at radius 3 is 2.59 bits per heavy atom. The van der Waals surface area contributed by atoms with Crippen LogP contribution in [0.1, 0.15) is 38.3 Å². The molecule has 17 heavy (non-hydrogen) atoms. The Bertz CT molecular complexity index is 406. The number of nitrogens with two attached hydrogens (primary N) is 1. The molecule has 0 aliphatic rings. The minimum absolute atomic E-state index is 0.441. The fourth-order valence-electron chi connectivity index (χ4n) is 1.99. The SMILES string of the molecule is CCC(C)N(CC)c1ccc(CN)cc1C#N. The maximum absolute atomic E-state index is 9.22. The van der Waals surface area contributed by atoms with E-state index in [-0.39, 0.29) is 0 Å². The Balaban J connectivity index is 3.16. The Kier molecular flexibility index (Phi) is 4.99. The number of hydrogen-bond donors (Lipinski definition) is 1. The van der Waals surface area contributed by atoms with Gasteiger partial charge in [0.1, 0.15) is 6.07 Å². The van der Waals surface area contributed by atoms with Crippen molar-refractivity contribution in [2.45, 2.75) is 39.8 Å². The van der Waals surface area contributed by atoms with Gasteiger partial charge in [-0.05, 0) is 38.0 Å². The highest BCUT2D eigenvalue weighted by atomic mass is 15.1. The van der Waals surface area contributed by atoms with Gasteiger partial charge in [-0.3, -0.25) is 0 Å². The lowest BCUT2D eigenvalue weighted by atomic mass is 10.1. The monoisotopic (exact) mass is 231 g/mol. The molecule has 1 atom stereocenters. The number of anilines is 1. The fourth-order valence-corrected chi connectivity index (χ4v) is 1.99. The summed E-state index contributed by atoms with van der Waals surface area (Å²) in [6, 6.07) is 8.61. The summed E-state index contributed by atoms with van der Waals surface area (Å²) in [5, 5.41) is 9.22. The van der Waals surface area contributed by atoms with Crippen LogP contribution in [0.4, 0.5) is 5.69 Å². The molecule has 0 saturated carbocycles. The van der Waals surface area contributed by atoms with Gasteiger partial charge in [0, 0.05) is 19.1 Å². The highest BCUT2D eigenvalue weighted by Gasteiger charge is 2.14. The zero-order chi connectivity index (χ0) is 12.8. The van der Waals surface area contributed by atoms with E-state index in [9.17, 15) is 5.26 Å². The normalized spacial score (nSPS) is 11.9. The van der Waals surface area contributed by atoms with E-state index in [0.717, 1.165) is 29.8 Å². The average molecular weight is 231 g/mol. The molecule has 92 valence electrons. The van der Waals surface area contributed by atoms with E-state index in [1.54, 1.807) is 0 Å².